The Morgan fingerprint density at radius 1 is 1.45 bits per heavy atom. The second-order valence-electron chi connectivity index (χ2n) is 1.84. The first-order valence-corrected chi connectivity index (χ1v) is 3.98. The summed E-state index contributed by atoms with van der Waals surface area (Å²) in [5.41, 5.74) is 3.29. The molecule has 60 valence electrons. The van der Waals surface area contributed by atoms with Crippen LogP contribution in [-0.4, -0.2) is 0 Å². The van der Waals surface area contributed by atoms with Crippen LogP contribution in [0.2, 0.25) is 0 Å². The summed E-state index contributed by atoms with van der Waals surface area (Å²) in [5.74, 6) is -0.294. The van der Waals surface area contributed by atoms with Gasteiger partial charge < -0.3 is 5.43 Å². The fourth-order valence-corrected chi connectivity index (χ4v) is 1.19. The van der Waals surface area contributed by atoms with E-state index in [0.29, 0.717) is 10.2 Å². The van der Waals surface area contributed by atoms with Crippen molar-refractivity contribution < 1.29 is 4.39 Å². The number of hydrogen-bond donors (Lipinski definition) is 2. The smallest absolute Gasteiger partial charge is 0.124 e. The molecule has 2 N–H and O–H groups in total. The molecule has 0 amide bonds. The first kappa shape index (κ1) is 8.77. The maximum atomic E-state index is 12.5. The van der Waals surface area contributed by atoms with Crippen molar-refractivity contribution in [3.8, 4) is 0 Å². The molecule has 0 saturated carbocycles. The lowest BCUT2D eigenvalue weighted by atomic mass is 10.3. The van der Waals surface area contributed by atoms with E-state index in [-0.39, 0.29) is 5.82 Å². The average Bonchev–Trinajstić information content (AvgIpc) is 1.95. The van der Waals surface area contributed by atoms with Gasteiger partial charge in [0.15, 0.2) is 0 Å². The summed E-state index contributed by atoms with van der Waals surface area (Å²) in [7, 11) is 0. The molecule has 0 atom stereocenters. The quantitative estimate of drug-likeness (QED) is 0.612. The van der Waals surface area contributed by atoms with Crippen LogP contribution in [0.3, 0.4) is 0 Å². The second-order valence-corrected chi connectivity index (χ2v) is 2.89. The Labute approximate surface area is 76.9 Å². The molecule has 11 heavy (non-hydrogen) atoms. The van der Waals surface area contributed by atoms with Crippen molar-refractivity contribution in [2.24, 2.45) is 0 Å². The number of rotatable bonds is 2. The minimum atomic E-state index is -0.294. The number of anilines is 1. The Kier molecular flexibility index (Phi) is 3.11. The molecule has 0 spiro atoms. The highest BCUT2D eigenvalue weighted by Crippen LogP contribution is 2.22. The van der Waals surface area contributed by atoms with Crippen molar-refractivity contribution in [1.29, 1.82) is 0 Å². The second kappa shape index (κ2) is 3.90. The summed E-state index contributed by atoms with van der Waals surface area (Å²) in [6, 6.07) is 4.24. The standard InChI is InChI=1S/C6H5BrClFN2/c7-5-3-4(9)1-2-6(5)10-11-8/h1-3,10-11H. The van der Waals surface area contributed by atoms with Gasteiger partial charge in [0.2, 0.25) is 0 Å². The summed E-state index contributed by atoms with van der Waals surface area (Å²) in [5, 5.41) is 0. The minimum absolute atomic E-state index is 0.294. The van der Waals surface area contributed by atoms with Crippen LogP contribution in [0.1, 0.15) is 0 Å². The van der Waals surface area contributed by atoms with Crippen molar-refractivity contribution in [2.75, 3.05) is 5.43 Å². The van der Waals surface area contributed by atoms with Crippen molar-refractivity contribution >= 4 is 33.4 Å². The summed E-state index contributed by atoms with van der Waals surface area (Å²) >= 11 is 8.32. The van der Waals surface area contributed by atoms with E-state index in [2.05, 4.69) is 26.3 Å². The van der Waals surface area contributed by atoms with Crippen LogP contribution in [0.15, 0.2) is 22.7 Å². The third-order valence-electron chi connectivity index (χ3n) is 1.11. The molecule has 0 radical (unpaired) electrons. The van der Waals surface area contributed by atoms with Crippen molar-refractivity contribution in [3.05, 3.63) is 28.5 Å². The fourth-order valence-electron chi connectivity index (χ4n) is 0.642. The first-order chi connectivity index (χ1) is 5.24. The molecule has 0 saturated heterocycles. The fraction of sp³-hybridized carbons (Fsp3) is 0. The molecule has 0 fully saturated rings. The molecule has 1 aromatic carbocycles. The summed E-state index contributed by atoms with van der Waals surface area (Å²) in [4.78, 5) is 2.21. The zero-order valence-electron chi connectivity index (χ0n) is 5.37. The van der Waals surface area contributed by atoms with E-state index in [4.69, 9.17) is 11.8 Å². The van der Waals surface area contributed by atoms with E-state index in [0.717, 1.165) is 0 Å². The number of hydrazine groups is 1. The largest absolute Gasteiger partial charge is 0.307 e. The maximum Gasteiger partial charge on any atom is 0.124 e. The number of hydrogen-bond acceptors (Lipinski definition) is 2. The summed E-state index contributed by atoms with van der Waals surface area (Å²) in [6.07, 6.45) is 0. The third kappa shape index (κ3) is 2.32. The Morgan fingerprint density at radius 2 is 2.18 bits per heavy atom. The Hall–Kier alpha value is -0.320. The third-order valence-corrected chi connectivity index (χ3v) is 1.86. The van der Waals surface area contributed by atoms with E-state index in [1.54, 1.807) is 6.07 Å². The lowest BCUT2D eigenvalue weighted by Crippen LogP contribution is -2.08. The topological polar surface area (TPSA) is 24.1 Å². The van der Waals surface area contributed by atoms with Gasteiger partial charge in [0, 0.05) is 4.47 Å². The first-order valence-electron chi connectivity index (χ1n) is 2.80. The molecule has 0 heterocycles. The molecular weight excluding hydrogens is 234 g/mol. The molecule has 0 unspecified atom stereocenters. The molecule has 1 aromatic rings. The van der Waals surface area contributed by atoms with E-state index < -0.39 is 0 Å². The molecule has 0 aliphatic heterocycles. The molecule has 5 heteroatoms. The summed E-state index contributed by atoms with van der Waals surface area (Å²) in [6.45, 7) is 0. The molecule has 2 nitrogen and oxygen atoms in total. The Balaban J connectivity index is 2.90. The van der Waals surface area contributed by atoms with Gasteiger partial charge in [-0.3, -0.25) is 0 Å². The Morgan fingerprint density at radius 3 is 2.73 bits per heavy atom. The highest BCUT2D eigenvalue weighted by molar-refractivity contribution is 9.10. The summed E-state index contributed by atoms with van der Waals surface area (Å²) < 4.78 is 13.1. The van der Waals surface area contributed by atoms with E-state index in [1.165, 1.54) is 12.1 Å². The number of halogens is 3. The zero-order valence-corrected chi connectivity index (χ0v) is 7.71. The monoisotopic (exact) mass is 238 g/mol. The van der Waals surface area contributed by atoms with Crippen molar-refractivity contribution in [3.63, 3.8) is 0 Å². The van der Waals surface area contributed by atoms with E-state index in [1.807, 2.05) is 0 Å². The number of benzene rings is 1. The van der Waals surface area contributed by atoms with Gasteiger partial charge in [0.1, 0.15) is 5.82 Å². The lowest BCUT2D eigenvalue weighted by molar-refractivity contribution is 0.627. The number of nitrogens with one attached hydrogen (secondary N) is 2. The van der Waals surface area contributed by atoms with Gasteiger partial charge >= 0.3 is 0 Å². The SMILES string of the molecule is Fc1ccc(NNCl)c(Br)c1. The molecule has 0 aromatic heterocycles. The van der Waals surface area contributed by atoms with Crippen LogP contribution >= 0.6 is 27.7 Å². The van der Waals surface area contributed by atoms with Crippen LogP contribution in [0, 0.1) is 5.82 Å². The molecule has 0 aliphatic rings. The molecular formula is C6H5BrClFN2. The van der Waals surface area contributed by atoms with Gasteiger partial charge in [0.05, 0.1) is 5.69 Å². The van der Waals surface area contributed by atoms with Gasteiger partial charge in [-0.25, -0.2) is 4.39 Å². The van der Waals surface area contributed by atoms with E-state index in [9.17, 15) is 4.39 Å². The van der Waals surface area contributed by atoms with Crippen LogP contribution in [0.25, 0.3) is 0 Å². The predicted octanol–water partition coefficient (Wildman–Crippen LogP) is 2.66. The normalized spacial score (nSPS) is 9.73. The van der Waals surface area contributed by atoms with Crippen molar-refractivity contribution in [1.82, 2.24) is 4.94 Å². The maximum absolute atomic E-state index is 12.5. The van der Waals surface area contributed by atoms with Crippen LogP contribution in [0.4, 0.5) is 10.1 Å². The van der Waals surface area contributed by atoms with E-state index >= 15 is 0 Å². The predicted molar refractivity (Wildman–Crippen MR) is 46.7 cm³/mol. The lowest BCUT2D eigenvalue weighted by Gasteiger charge is -2.03. The average molecular weight is 239 g/mol. The van der Waals surface area contributed by atoms with Gasteiger partial charge in [-0.05, 0) is 45.9 Å². The molecule has 0 bridgehead atoms. The highest BCUT2D eigenvalue weighted by Gasteiger charge is 1.98. The van der Waals surface area contributed by atoms with Gasteiger partial charge in [-0.15, -0.1) is 4.94 Å². The zero-order chi connectivity index (χ0) is 8.27. The molecule has 1 rings (SSSR count). The van der Waals surface area contributed by atoms with Crippen molar-refractivity contribution in [2.45, 2.75) is 0 Å². The molecule has 0 aliphatic carbocycles. The Bertz CT molecular complexity index is 256. The minimum Gasteiger partial charge on any atom is -0.307 e. The van der Waals surface area contributed by atoms with Crippen LogP contribution in [0.5, 0.6) is 0 Å². The van der Waals surface area contributed by atoms with Crippen LogP contribution in [-0.2, 0) is 0 Å². The highest BCUT2D eigenvalue weighted by atomic mass is 79.9. The van der Waals surface area contributed by atoms with Gasteiger partial charge in [0.25, 0.3) is 0 Å². The van der Waals surface area contributed by atoms with Gasteiger partial charge in [-0.2, -0.15) is 0 Å². The van der Waals surface area contributed by atoms with Crippen LogP contribution < -0.4 is 10.4 Å². The van der Waals surface area contributed by atoms with Gasteiger partial charge in [-0.1, -0.05) is 0 Å².